The Hall–Kier alpha value is 0.270. The molecule has 2 atom stereocenters. The fourth-order valence-corrected chi connectivity index (χ4v) is 4.26. The van der Waals surface area contributed by atoms with E-state index >= 15 is 0 Å². The maximum Gasteiger partial charge on any atom is 0.0158 e. The van der Waals surface area contributed by atoms with Gasteiger partial charge >= 0.3 is 0 Å². The van der Waals surface area contributed by atoms with Crippen molar-refractivity contribution in [2.75, 3.05) is 37.7 Å². The molecule has 2 aliphatic heterocycles. The smallest absolute Gasteiger partial charge is 0.0158 e. The number of nitrogens with one attached hydrogen (secondary N) is 1. The highest BCUT2D eigenvalue weighted by Crippen LogP contribution is 2.33. The summed E-state index contributed by atoms with van der Waals surface area (Å²) in [6, 6.07) is 0.785. The Labute approximate surface area is 105 Å². The van der Waals surface area contributed by atoms with Gasteiger partial charge in [0, 0.05) is 37.2 Å². The molecule has 2 unspecified atom stereocenters. The summed E-state index contributed by atoms with van der Waals surface area (Å²) in [6.07, 6.45) is 4.12. The highest BCUT2D eigenvalue weighted by atomic mass is 32.2. The van der Waals surface area contributed by atoms with Crippen molar-refractivity contribution in [2.45, 2.75) is 39.2 Å². The third-order valence-electron chi connectivity index (χ3n) is 4.16. The van der Waals surface area contributed by atoms with Gasteiger partial charge in [-0.3, -0.25) is 4.90 Å². The maximum absolute atomic E-state index is 3.57. The van der Waals surface area contributed by atoms with Crippen molar-refractivity contribution < 1.29 is 0 Å². The number of hydrogen-bond donors (Lipinski definition) is 1. The lowest BCUT2D eigenvalue weighted by atomic mass is 9.81. The minimum absolute atomic E-state index is 0.588. The predicted octanol–water partition coefficient (Wildman–Crippen LogP) is 2.20. The Morgan fingerprint density at radius 2 is 2.38 bits per heavy atom. The summed E-state index contributed by atoms with van der Waals surface area (Å²) < 4.78 is 0. The van der Waals surface area contributed by atoms with Crippen LogP contribution in [-0.2, 0) is 0 Å². The lowest BCUT2D eigenvalue weighted by Gasteiger charge is -2.40. The van der Waals surface area contributed by atoms with E-state index in [1.54, 1.807) is 0 Å². The predicted molar refractivity (Wildman–Crippen MR) is 73.2 cm³/mol. The van der Waals surface area contributed by atoms with Gasteiger partial charge in [0.15, 0.2) is 0 Å². The first kappa shape index (κ1) is 12.7. The maximum atomic E-state index is 3.57. The van der Waals surface area contributed by atoms with E-state index in [0.717, 1.165) is 6.04 Å². The van der Waals surface area contributed by atoms with Crippen molar-refractivity contribution in [2.24, 2.45) is 5.41 Å². The average Bonchev–Trinajstić information content (AvgIpc) is 2.71. The first-order chi connectivity index (χ1) is 7.76. The van der Waals surface area contributed by atoms with Crippen molar-refractivity contribution >= 4 is 11.8 Å². The summed E-state index contributed by atoms with van der Waals surface area (Å²) in [5.74, 6) is 2.66. The van der Waals surface area contributed by atoms with Crippen LogP contribution in [0.15, 0.2) is 0 Å². The van der Waals surface area contributed by atoms with Gasteiger partial charge in [0.25, 0.3) is 0 Å². The highest BCUT2D eigenvalue weighted by Gasteiger charge is 2.36. The summed E-state index contributed by atoms with van der Waals surface area (Å²) in [4.78, 5) is 2.74. The van der Waals surface area contributed by atoms with Crippen molar-refractivity contribution in [1.29, 1.82) is 0 Å². The summed E-state index contributed by atoms with van der Waals surface area (Å²) in [5, 5.41) is 3.57. The fourth-order valence-electron chi connectivity index (χ4n) is 3.18. The highest BCUT2D eigenvalue weighted by molar-refractivity contribution is 7.99. The van der Waals surface area contributed by atoms with Gasteiger partial charge in [-0.2, -0.15) is 11.8 Å². The quantitative estimate of drug-likeness (QED) is 0.814. The van der Waals surface area contributed by atoms with E-state index < -0.39 is 0 Å². The van der Waals surface area contributed by atoms with Gasteiger partial charge in [0.05, 0.1) is 0 Å². The number of nitrogens with zero attached hydrogens (tertiary/aromatic N) is 1. The van der Waals surface area contributed by atoms with Crippen LogP contribution in [0.2, 0.25) is 0 Å². The second-order valence-electron chi connectivity index (χ2n) is 5.57. The van der Waals surface area contributed by atoms with Crippen LogP contribution in [0.25, 0.3) is 0 Å². The normalized spacial score (nSPS) is 36.8. The summed E-state index contributed by atoms with van der Waals surface area (Å²) in [7, 11) is 0. The summed E-state index contributed by atoms with van der Waals surface area (Å²) >= 11 is 2.12. The van der Waals surface area contributed by atoms with E-state index in [-0.39, 0.29) is 0 Å². The molecule has 0 bridgehead atoms. The van der Waals surface area contributed by atoms with Crippen molar-refractivity contribution in [1.82, 2.24) is 10.2 Å². The lowest BCUT2D eigenvalue weighted by molar-refractivity contribution is 0.130. The number of rotatable bonds is 4. The Bertz CT molecular complexity index is 214. The molecule has 0 spiro atoms. The molecule has 3 heteroatoms. The van der Waals surface area contributed by atoms with E-state index in [1.807, 2.05) is 0 Å². The van der Waals surface area contributed by atoms with Gasteiger partial charge in [0.2, 0.25) is 0 Å². The van der Waals surface area contributed by atoms with Gasteiger partial charge < -0.3 is 5.32 Å². The monoisotopic (exact) mass is 242 g/mol. The molecule has 16 heavy (non-hydrogen) atoms. The average molecular weight is 242 g/mol. The van der Waals surface area contributed by atoms with Crippen LogP contribution >= 0.6 is 11.8 Å². The molecular weight excluding hydrogens is 216 g/mol. The third kappa shape index (κ3) is 2.93. The Morgan fingerprint density at radius 3 is 3.00 bits per heavy atom. The largest absolute Gasteiger partial charge is 0.316 e. The van der Waals surface area contributed by atoms with E-state index in [4.69, 9.17) is 0 Å². The fraction of sp³-hybridized carbons (Fsp3) is 1.00. The SMILES string of the molecule is CCCC1(CN2CCSCC2C)CCNC1. The summed E-state index contributed by atoms with van der Waals surface area (Å²) in [6.45, 7) is 9.84. The molecule has 94 valence electrons. The minimum atomic E-state index is 0.588. The zero-order chi connectivity index (χ0) is 11.4. The Balaban J connectivity index is 1.93. The molecular formula is C13H26N2S. The van der Waals surface area contributed by atoms with Crippen LogP contribution < -0.4 is 5.32 Å². The molecule has 0 saturated carbocycles. The zero-order valence-corrected chi connectivity index (χ0v) is 11.6. The molecule has 0 radical (unpaired) electrons. The summed E-state index contributed by atoms with van der Waals surface area (Å²) in [5.41, 5.74) is 0.588. The molecule has 0 aromatic rings. The third-order valence-corrected chi connectivity index (χ3v) is 5.35. The van der Waals surface area contributed by atoms with Gasteiger partial charge in [-0.15, -0.1) is 0 Å². The van der Waals surface area contributed by atoms with Crippen molar-refractivity contribution in [3.8, 4) is 0 Å². The van der Waals surface area contributed by atoms with Crippen LogP contribution in [0, 0.1) is 5.41 Å². The van der Waals surface area contributed by atoms with E-state index in [9.17, 15) is 0 Å². The first-order valence-corrected chi connectivity index (χ1v) is 7.94. The second kappa shape index (κ2) is 5.74. The van der Waals surface area contributed by atoms with Crippen LogP contribution in [-0.4, -0.2) is 48.6 Å². The van der Waals surface area contributed by atoms with Crippen LogP contribution in [0.1, 0.15) is 33.1 Å². The van der Waals surface area contributed by atoms with Gasteiger partial charge in [-0.05, 0) is 31.7 Å². The molecule has 1 N–H and O–H groups in total. The van der Waals surface area contributed by atoms with Gasteiger partial charge in [-0.1, -0.05) is 13.3 Å². The Morgan fingerprint density at radius 1 is 1.50 bits per heavy atom. The molecule has 0 aliphatic carbocycles. The van der Waals surface area contributed by atoms with Gasteiger partial charge in [0.1, 0.15) is 0 Å². The number of thioether (sulfide) groups is 1. The zero-order valence-electron chi connectivity index (χ0n) is 10.8. The van der Waals surface area contributed by atoms with Crippen LogP contribution in [0.4, 0.5) is 0 Å². The molecule has 2 heterocycles. The van der Waals surface area contributed by atoms with E-state index in [0.29, 0.717) is 5.41 Å². The Kier molecular flexibility index (Phi) is 4.57. The molecule has 0 aromatic heterocycles. The van der Waals surface area contributed by atoms with Crippen molar-refractivity contribution in [3.05, 3.63) is 0 Å². The molecule has 2 rings (SSSR count). The molecule has 0 aromatic carbocycles. The molecule has 0 amide bonds. The lowest BCUT2D eigenvalue weighted by Crippen LogP contribution is -2.47. The van der Waals surface area contributed by atoms with Gasteiger partial charge in [-0.25, -0.2) is 0 Å². The first-order valence-electron chi connectivity index (χ1n) is 6.78. The molecule has 2 fully saturated rings. The van der Waals surface area contributed by atoms with Crippen LogP contribution in [0.3, 0.4) is 0 Å². The topological polar surface area (TPSA) is 15.3 Å². The molecule has 2 aliphatic rings. The second-order valence-corrected chi connectivity index (χ2v) is 6.72. The van der Waals surface area contributed by atoms with Crippen molar-refractivity contribution in [3.63, 3.8) is 0 Å². The minimum Gasteiger partial charge on any atom is -0.316 e. The van der Waals surface area contributed by atoms with E-state index in [2.05, 4.69) is 35.8 Å². The standard InChI is InChI=1S/C13H26N2S/c1-3-4-13(5-6-14-10-13)11-15-7-8-16-9-12(15)2/h12,14H,3-11H2,1-2H3. The molecule has 2 saturated heterocycles. The molecule has 2 nitrogen and oxygen atoms in total. The van der Waals surface area contributed by atoms with E-state index in [1.165, 1.54) is 56.9 Å². The number of hydrogen-bond acceptors (Lipinski definition) is 3. The van der Waals surface area contributed by atoms with Crippen LogP contribution in [0.5, 0.6) is 0 Å².